The highest BCUT2D eigenvalue weighted by molar-refractivity contribution is 5.73. The number of amides is 1. The Hall–Kier alpha value is -1.36. The fraction of sp³-hybridized carbons (Fsp3) is 0.750. The number of nitrogens with zero attached hydrogens (tertiary/aromatic N) is 4. The number of piperidine rings is 1. The van der Waals surface area contributed by atoms with Crippen molar-refractivity contribution in [3.63, 3.8) is 0 Å². The Morgan fingerprint density at radius 3 is 2.67 bits per heavy atom. The van der Waals surface area contributed by atoms with Crippen LogP contribution in [-0.4, -0.2) is 51.7 Å². The van der Waals surface area contributed by atoms with Crippen LogP contribution in [0.2, 0.25) is 0 Å². The Bertz CT molecular complexity index is 490. The van der Waals surface area contributed by atoms with Crippen LogP contribution in [0.15, 0.2) is 12.4 Å². The minimum Gasteiger partial charge on any atom is -0.343 e. The molecule has 2 saturated heterocycles. The van der Waals surface area contributed by atoms with E-state index in [9.17, 15) is 4.79 Å². The molecule has 1 atom stereocenters. The van der Waals surface area contributed by atoms with Gasteiger partial charge >= 0.3 is 0 Å². The molecule has 0 spiro atoms. The number of hydrogen-bond acceptors (Lipinski definition) is 3. The maximum Gasteiger partial charge on any atom is 0.219 e. The first-order valence-electron chi connectivity index (χ1n) is 8.11. The number of aryl methyl sites for hydroxylation is 1. The zero-order chi connectivity index (χ0) is 14.8. The number of carbonyl (C=O) groups is 1. The fourth-order valence-corrected chi connectivity index (χ4v) is 3.80. The Morgan fingerprint density at radius 1 is 1.29 bits per heavy atom. The van der Waals surface area contributed by atoms with E-state index in [0.29, 0.717) is 6.04 Å². The monoisotopic (exact) mass is 290 g/mol. The highest BCUT2D eigenvalue weighted by Crippen LogP contribution is 2.33. The molecule has 0 N–H and O–H groups in total. The molecule has 0 unspecified atom stereocenters. The number of carbonyl (C=O) groups excluding carboxylic acids is 1. The van der Waals surface area contributed by atoms with Crippen molar-refractivity contribution in [1.29, 1.82) is 0 Å². The minimum absolute atomic E-state index is 0.225. The van der Waals surface area contributed by atoms with Crippen LogP contribution in [0.1, 0.15) is 44.2 Å². The standard InChI is InChI=1S/C16H26N4O/c1-13(21)19-8-5-14(6-9-19)11-20-7-3-4-16(20)15-10-17-18(2)12-15/h10,12,14,16H,3-9,11H2,1-2H3/t16-/m1/s1. The van der Waals surface area contributed by atoms with Gasteiger partial charge in [-0.2, -0.15) is 5.10 Å². The second-order valence-corrected chi connectivity index (χ2v) is 6.55. The van der Waals surface area contributed by atoms with Gasteiger partial charge < -0.3 is 4.90 Å². The van der Waals surface area contributed by atoms with E-state index in [4.69, 9.17) is 0 Å². The third-order valence-corrected chi connectivity index (χ3v) is 5.03. The number of rotatable bonds is 3. The second kappa shape index (κ2) is 6.18. The van der Waals surface area contributed by atoms with Crippen molar-refractivity contribution in [2.75, 3.05) is 26.2 Å². The first-order chi connectivity index (χ1) is 10.1. The average Bonchev–Trinajstić information content (AvgIpc) is 3.08. The van der Waals surface area contributed by atoms with Gasteiger partial charge in [0.25, 0.3) is 0 Å². The lowest BCUT2D eigenvalue weighted by Gasteiger charge is -2.35. The van der Waals surface area contributed by atoms with E-state index in [2.05, 4.69) is 16.2 Å². The molecule has 21 heavy (non-hydrogen) atoms. The van der Waals surface area contributed by atoms with Gasteiger partial charge in [-0.15, -0.1) is 0 Å². The summed E-state index contributed by atoms with van der Waals surface area (Å²) in [5, 5.41) is 4.32. The van der Waals surface area contributed by atoms with Gasteiger partial charge in [0.15, 0.2) is 0 Å². The van der Waals surface area contributed by atoms with Gasteiger partial charge in [0, 0.05) is 51.4 Å². The Balaban J connectivity index is 1.56. The maximum absolute atomic E-state index is 11.4. The number of likely N-dealkylation sites (tertiary alicyclic amines) is 2. The topological polar surface area (TPSA) is 41.4 Å². The van der Waals surface area contributed by atoms with Crippen LogP contribution < -0.4 is 0 Å². The smallest absolute Gasteiger partial charge is 0.219 e. The van der Waals surface area contributed by atoms with Gasteiger partial charge in [0.1, 0.15) is 0 Å². The Kier molecular flexibility index (Phi) is 4.29. The third kappa shape index (κ3) is 3.28. The molecule has 1 amide bonds. The van der Waals surface area contributed by atoms with E-state index in [1.54, 1.807) is 6.92 Å². The molecule has 2 aliphatic rings. The van der Waals surface area contributed by atoms with E-state index >= 15 is 0 Å². The molecular formula is C16H26N4O. The lowest BCUT2D eigenvalue weighted by Crippen LogP contribution is -2.40. The summed E-state index contributed by atoms with van der Waals surface area (Å²) >= 11 is 0. The van der Waals surface area contributed by atoms with Crippen LogP contribution in [-0.2, 0) is 11.8 Å². The lowest BCUT2D eigenvalue weighted by molar-refractivity contribution is -0.130. The zero-order valence-corrected chi connectivity index (χ0v) is 13.2. The third-order valence-electron chi connectivity index (χ3n) is 5.03. The van der Waals surface area contributed by atoms with Crippen LogP contribution >= 0.6 is 0 Å². The first kappa shape index (κ1) is 14.6. The van der Waals surface area contributed by atoms with Gasteiger partial charge in [-0.25, -0.2) is 0 Å². The quantitative estimate of drug-likeness (QED) is 0.852. The lowest BCUT2D eigenvalue weighted by atomic mass is 9.95. The van der Waals surface area contributed by atoms with E-state index in [-0.39, 0.29) is 5.91 Å². The highest BCUT2D eigenvalue weighted by atomic mass is 16.2. The molecular weight excluding hydrogens is 264 g/mol. The molecule has 2 aliphatic heterocycles. The Labute approximate surface area is 126 Å². The average molecular weight is 290 g/mol. The summed E-state index contributed by atoms with van der Waals surface area (Å²) in [5.41, 5.74) is 1.36. The number of aromatic nitrogens is 2. The summed E-state index contributed by atoms with van der Waals surface area (Å²) in [6, 6.07) is 0.546. The SMILES string of the molecule is CC(=O)N1CCC(CN2CCC[C@@H]2c2cnn(C)c2)CC1. The molecule has 1 aromatic rings. The molecule has 0 aliphatic carbocycles. The van der Waals surface area contributed by atoms with Crippen molar-refractivity contribution in [1.82, 2.24) is 19.6 Å². The van der Waals surface area contributed by atoms with Gasteiger partial charge in [-0.1, -0.05) is 0 Å². The van der Waals surface area contributed by atoms with Crippen molar-refractivity contribution in [2.24, 2.45) is 13.0 Å². The van der Waals surface area contributed by atoms with Crippen molar-refractivity contribution < 1.29 is 4.79 Å². The molecule has 116 valence electrons. The number of hydrogen-bond donors (Lipinski definition) is 0. The van der Waals surface area contributed by atoms with E-state index in [1.165, 1.54) is 31.5 Å². The summed E-state index contributed by atoms with van der Waals surface area (Å²) in [6.45, 7) is 5.92. The Morgan fingerprint density at radius 2 is 2.05 bits per heavy atom. The van der Waals surface area contributed by atoms with Crippen molar-refractivity contribution in [3.05, 3.63) is 18.0 Å². The molecule has 0 saturated carbocycles. The molecule has 3 rings (SSSR count). The van der Waals surface area contributed by atoms with Crippen LogP contribution in [0.3, 0.4) is 0 Å². The van der Waals surface area contributed by atoms with Crippen molar-refractivity contribution in [2.45, 2.75) is 38.6 Å². The molecule has 1 aromatic heterocycles. The summed E-state index contributed by atoms with van der Waals surface area (Å²) in [4.78, 5) is 16.0. The normalized spacial score (nSPS) is 24.7. The minimum atomic E-state index is 0.225. The maximum atomic E-state index is 11.4. The summed E-state index contributed by atoms with van der Waals surface area (Å²) in [7, 11) is 1.99. The molecule has 3 heterocycles. The van der Waals surface area contributed by atoms with E-state index < -0.39 is 0 Å². The van der Waals surface area contributed by atoms with Gasteiger partial charge in [0.05, 0.1) is 6.20 Å². The second-order valence-electron chi connectivity index (χ2n) is 6.55. The molecule has 0 bridgehead atoms. The summed E-state index contributed by atoms with van der Waals surface area (Å²) in [5.74, 6) is 0.959. The van der Waals surface area contributed by atoms with Crippen LogP contribution in [0, 0.1) is 5.92 Å². The van der Waals surface area contributed by atoms with Gasteiger partial charge in [-0.05, 0) is 38.1 Å². The summed E-state index contributed by atoms with van der Waals surface area (Å²) in [6.07, 6.45) is 9.00. The zero-order valence-electron chi connectivity index (χ0n) is 13.2. The van der Waals surface area contributed by atoms with Gasteiger partial charge in [-0.3, -0.25) is 14.4 Å². The van der Waals surface area contributed by atoms with E-state index in [0.717, 1.165) is 31.8 Å². The predicted molar refractivity (Wildman–Crippen MR) is 81.7 cm³/mol. The highest BCUT2D eigenvalue weighted by Gasteiger charge is 2.30. The molecule has 2 fully saturated rings. The van der Waals surface area contributed by atoms with Gasteiger partial charge in [0.2, 0.25) is 5.91 Å². The fourth-order valence-electron chi connectivity index (χ4n) is 3.80. The largest absolute Gasteiger partial charge is 0.343 e. The molecule has 5 nitrogen and oxygen atoms in total. The van der Waals surface area contributed by atoms with Crippen molar-refractivity contribution in [3.8, 4) is 0 Å². The molecule has 0 aromatic carbocycles. The van der Waals surface area contributed by atoms with E-state index in [1.807, 2.05) is 22.8 Å². The summed E-state index contributed by atoms with van der Waals surface area (Å²) < 4.78 is 1.90. The molecule has 0 radical (unpaired) electrons. The molecule has 5 heteroatoms. The first-order valence-corrected chi connectivity index (χ1v) is 8.11. The van der Waals surface area contributed by atoms with Crippen LogP contribution in [0.25, 0.3) is 0 Å². The predicted octanol–water partition coefficient (Wildman–Crippen LogP) is 1.82. The van der Waals surface area contributed by atoms with Crippen molar-refractivity contribution >= 4 is 5.91 Å². The van der Waals surface area contributed by atoms with Crippen LogP contribution in [0.4, 0.5) is 0 Å². The van der Waals surface area contributed by atoms with Crippen LogP contribution in [0.5, 0.6) is 0 Å².